The van der Waals surface area contributed by atoms with E-state index in [9.17, 15) is 19.2 Å². The van der Waals surface area contributed by atoms with Crippen LogP contribution >= 0.6 is 0 Å². The third kappa shape index (κ3) is 3.98. The number of amides is 4. The first-order chi connectivity index (χ1) is 14.9. The van der Waals surface area contributed by atoms with Crippen LogP contribution in [-0.4, -0.2) is 35.1 Å². The van der Waals surface area contributed by atoms with E-state index in [-0.39, 0.29) is 42.5 Å². The fourth-order valence-corrected chi connectivity index (χ4v) is 6.93. The van der Waals surface area contributed by atoms with Crippen LogP contribution in [-0.2, 0) is 20.8 Å². The predicted octanol–water partition coefficient (Wildman–Crippen LogP) is 2.36. The molecule has 2 N–H and O–H groups in total. The van der Waals surface area contributed by atoms with Crippen LogP contribution in [0.15, 0.2) is 24.3 Å². The molecule has 7 nitrogen and oxygen atoms in total. The number of imide groups is 1. The van der Waals surface area contributed by atoms with Gasteiger partial charge in [-0.05, 0) is 73.3 Å². The van der Waals surface area contributed by atoms with E-state index in [2.05, 4.69) is 10.9 Å². The Morgan fingerprint density at radius 2 is 1.55 bits per heavy atom. The molecule has 4 aliphatic carbocycles. The van der Waals surface area contributed by atoms with Gasteiger partial charge in [-0.1, -0.05) is 18.2 Å². The average Bonchev–Trinajstić information content (AvgIpc) is 2.71. The first-order valence-electron chi connectivity index (χ1n) is 11.4. The van der Waals surface area contributed by atoms with Gasteiger partial charge in [0, 0.05) is 24.9 Å². The van der Waals surface area contributed by atoms with Crippen molar-refractivity contribution in [2.24, 2.45) is 23.2 Å². The van der Waals surface area contributed by atoms with Crippen molar-refractivity contribution in [2.75, 3.05) is 6.54 Å². The number of carbonyl (C=O) groups is 4. The van der Waals surface area contributed by atoms with Crippen molar-refractivity contribution in [1.29, 1.82) is 0 Å². The molecule has 4 amide bonds. The van der Waals surface area contributed by atoms with Gasteiger partial charge in [0.15, 0.2) is 0 Å². The maximum Gasteiger partial charge on any atom is 0.260 e. The van der Waals surface area contributed by atoms with Crippen molar-refractivity contribution in [3.8, 4) is 0 Å². The Morgan fingerprint density at radius 1 is 0.935 bits per heavy atom. The summed E-state index contributed by atoms with van der Waals surface area (Å²) >= 11 is 0. The molecular formula is C24H29N3O4. The van der Waals surface area contributed by atoms with Gasteiger partial charge in [-0.3, -0.25) is 34.9 Å². The quantitative estimate of drug-likeness (QED) is 0.561. The minimum Gasteiger partial charge on any atom is -0.278 e. The van der Waals surface area contributed by atoms with E-state index in [4.69, 9.17) is 0 Å². The Balaban J connectivity index is 1.10. The molecule has 7 heteroatoms. The molecule has 0 radical (unpaired) electrons. The molecule has 6 rings (SSSR count). The number of nitrogens with zero attached hydrogens (tertiary/aromatic N) is 1. The molecule has 4 saturated carbocycles. The molecule has 4 fully saturated rings. The SMILES string of the molecule is O=C(CCN1C(=O)Cc2ccccc2C1=O)NNC(=O)CC12CC3CC(CC(C3)C1)C2. The lowest BCUT2D eigenvalue weighted by molar-refractivity contribution is -0.135. The predicted molar refractivity (Wildman–Crippen MR) is 112 cm³/mol. The van der Waals surface area contributed by atoms with E-state index in [0.717, 1.165) is 47.5 Å². The number of fused-ring (bicyclic) bond motifs is 1. The molecule has 164 valence electrons. The van der Waals surface area contributed by atoms with Gasteiger partial charge >= 0.3 is 0 Å². The summed E-state index contributed by atoms with van der Waals surface area (Å²) in [6, 6.07) is 7.03. The van der Waals surface area contributed by atoms with Gasteiger partial charge in [0.25, 0.3) is 5.91 Å². The zero-order valence-electron chi connectivity index (χ0n) is 17.7. The monoisotopic (exact) mass is 423 g/mol. The lowest BCUT2D eigenvalue weighted by Gasteiger charge is -2.56. The number of benzene rings is 1. The van der Waals surface area contributed by atoms with Crippen molar-refractivity contribution in [3.63, 3.8) is 0 Å². The topological polar surface area (TPSA) is 95.6 Å². The van der Waals surface area contributed by atoms with E-state index in [0.29, 0.717) is 12.0 Å². The highest BCUT2D eigenvalue weighted by Gasteiger charge is 2.51. The summed E-state index contributed by atoms with van der Waals surface area (Å²) < 4.78 is 0. The lowest BCUT2D eigenvalue weighted by Crippen LogP contribution is -2.50. The molecular weight excluding hydrogens is 394 g/mol. The smallest absolute Gasteiger partial charge is 0.260 e. The molecule has 1 aromatic carbocycles. The van der Waals surface area contributed by atoms with Crippen LogP contribution in [0.3, 0.4) is 0 Å². The van der Waals surface area contributed by atoms with Crippen LogP contribution in [0, 0.1) is 23.2 Å². The molecule has 1 heterocycles. The minimum atomic E-state index is -0.404. The van der Waals surface area contributed by atoms with Crippen LogP contribution in [0.4, 0.5) is 0 Å². The summed E-state index contributed by atoms with van der Waals surface area (Å²) in [6.45, 7) is 0.00266. The van der Waals surface area contributed by atoms with E-state index < -0.39 is 5.91 Å². The van der Waals surface area contributed by atoms with Crippen LogP contribution in [0.25, 0.3) is 0 Å². The molecule has 1 aliphatic heterocycles. The Labute approximate surface area is 181 Å². The number of rotatable bonds is 5. The second-order valence-electron chi connectivity index (χ2n) is 10.1. The second-order valence-corrected chi connectivity index (χ2v) is 10.1. The van der Waals surface area contributed by atoms with Crippen LogP contribution in [0.1, 0.15) is 67.3 Å². The summed E-state index contributed by atoms with van der Waals surface area (Å²) in [5, 5.41) is 0. The summed E-state index contributed by atoms with van der Waals surface area (Å²) in [4.78, 5) is 50.8. The summed E-state index contributed by atoms with van der Waals surface area (Å²) in [7, 11) is 0. The number of hydrogen-bond donors (Lipinski definition) is 2. The van der Waals surface area contributed by atoms with Crippen molar-refractivity contribution in [1.82, 2.24) is 15.8 Å². The summed E-state index contributed by atoms with van der Waals surface area (Å²) in [6.07, 6.45) is 7.99. The van der Waals surface area contributed by atoms with Gasteiger partial charge in [0.2, 0.25) is 17.7 Å². The Kier molecular flexibility index (Phi) is 5.07. The third-order valence-corrected chi connectivity index (χ3v) is 7.74. The molecule has 4 bridgehead atoms. The average molecular weight is 424 g/mol. The molecule has 0 saturated heterocycles. The van der Waals surface area contributed by atoms with Crippen molar-refractivity contribution < 1.29 is 19.2 Å². The fourth-order valence-electron chi connectivity index (χ4n) is 6.93. The summed E-state index contributed by atoms with van der Waals surface area (Å²) in [5.41, 5.74) is 6.36. The Morgan fingerprint density at radius 3 is 2.23 bits per heavy atom. The molecule has 0 atom stereocenters. The molecule has 0 aromatic heterocycles. The zero-order chi connectivity index (χ0) is 21.6. The highest BCUT2D eigenvalue weighted by atomic mass is 16.2. The molecule has 0 spiro atoms. The molecule has 5 aliphatic rings. The van der Waals surface area contributed by atoms with Gasteiger partial charge in [-0.25, -0.2) is 0 Å². The van der Waals surface area contributed by atoms with Crippen LogP contribution < -0.4 is 10.9 Å². The normalized spacial score (nSPS) is 30.8. The lowest BCUT2D eigenvalue weighted by atomic mass is 9.49. The standard InChI is InChI=1S/C24H29N3O4/c28-20(5-6-27-22(30)10-18-3-1-2-4-19(18)23(27)31)25-26-21(29)14-24-11-15-7-16(12-24)9-17(8-15)13-24/h1-4,15-17H,5-14H2,(H,25,28)(H,26,29). The highest BCUT2D eigenvalue weighted by molar-refractivity contribution is 6.09. The zero-order valence-corrected chi connectivity index (χ0v) is 17.7. The van der Waals surface area contributed by atoms with Crippen LogP contribution in [0.2, 0.25) is 0 Å². The first kappa shape index (κ1) is 20.2. The largest absolute Gasteiger partial charge is 0.278 e. The Bertz CT molecular complexity index is 905. The number of hydrogen-bond acceptors (Lipinski definition) is 4. The van der Waals surface area contributed by atoms with Crippen molar-refractivity contribution in [2.45, 2.75) is 57.8 Å². The highest BCUT2D eigenvalue weighted by Crippen LogP contribution is 2.61. The van der Waals surface area contributed by atoms with E-state index in [1.165, 1.54) is 19.3 Å². The van der Waals surface area contributed by atoms with E-state index >= 15 is 0 Å². The third-order valence-electron chi connectivity index (χ3n) is 7.74. The van der Waals surface area contributed by atoms with Crippen LogP contribution in [0.5, 0.6) is 0 Å². The van der Waals surface area contributed by atoms with Gasteiger partial charge < -0.3 is 0 Å². The van der Waals surface area contributed by atoms with E-state index in [1.54, 1.807) is 24.3 Å². The second kappa shape index (κ2) is 7.77. The number of carbonyl (C=O) groups excluding carboxylic acids is 4. The van der Waals surface area contributed by atoms with E-state index in [1.807, 2.05) is 0 Å². The van der Waals surface area contributed by atoms with Crippen molar-refractivity contribution in [3.05, 3.63) is 35.4 Å². The van der Waals surface area contributed by atoms with Gasteiger partial charge in [-0.2, -0.15) is 0 Å². The maximum absolute atomic E-state index is 12.6. The van der Waals surface area contributed by atoms with Gasteiger partial charge in [-0.15, -0.1) is 0 Å². The molecule has 0 unspecified atom stereocenters. The van der Waals surface area contributed by atoms with Crippen molar-refractivity contribution >= 4 is 23.6 Å². The fraction of sp³-hybridized carbons (Fsp3) is 0.583. The number of nitrogens with one attached hydrogen (secondary N) is 2. The Hall–Kier alpha value is -2.70. The maximum atomic E-state index is 12.6. The molecule has 31 heavy (non-hydrogen) atoms. The first-order valence-corrected chi connectivity index (χ1v) is 11.4. The van der Waals surface area contributed by atoms with Gasteiger partial charge in [0.05, 0.1) is 6.42 Å². The minimum absolute atomic E-state index is 0.00266. The van der Waals surface area contributed by atoms with Gasteiger partial charge in [0.1, 0.15) is 0 Å². The summed E-state index contributed by atoms with van der Waals surface area (Å²) in [5.74, 6) is 1.11. The number of hydrazine groups is 1. The molecule has 1 aromatic rings.